The first-order valence-corrected chi connectivity index (χ1v) is 5.70. The predicted molar refractivity (Wildman–Crippen MR) is 73.8 cm³/mol. The first kappa shape index (κ1) is 12.8. The molecule has 0 unspecified atom stereocenters. The van der Waals surface area contributed by atoms with Crippen molar-refractivity contribution in [3.63, 3.8) is 0 Å². The molecule has 0 saturated carbocycles. The van der Waals surface area contributed by atoms with Gasteiger partial charge in [0.25, 0.3) is 0 Å². The van der Waals surface area contributed by atoms with Gasteiger partial charge in [0.05, 0.1) is 0 Å². The normalized spacial score (nSPS) is 9.95. The molecule has 98 valence electrons. The number of aromatic hydroxyl groups is 2. The van der Waals surface area contributed by atoms with Crippen molar-refractivity contribution >= 4 is 23.0 Å². The van der Waals surface area contributed by atoms with Gasteiger partial charge >= 0.3 is 0 Å². The monoisotopic (exact) mass is 258 g/mol. The molecule has 0 aromatic heterocycles. The van der Waals surface area contributed by atoms with Gasteiger partial charge in [-0.2, -0.15) is 0 Å². The smallest absolute Gasteiger partial charge is 0.221 e. The van der Waals surface area contributed by atoms with Gasteiger partial charge in [-0.3, -0.25) is 4.79 Å². The van der Waals surface area contributed by atoms with Crippen molar-refractivity contribution in [1.82, 2.24) is 0 Å². The molecule has 0 aliphatic rings. The number of anilines is 3. The van der Waals surface area contributed by atoms with Crippen LogP contribution in [0.1, 0.15) is 6.92 Å². The Bertz CT molecular complexity index is 574. The predicted octanol–water partition coefficient (Wildman–Crippen LogP) is 2.80. The molecule has 2 rings (SSSR count). The summed E-state index contributed by atoms with van der Waals surface area (Å²) in [4.78, 5) is 10.9. The summed E-state index contributed by atoms with van der Waals surface area (Å²) in [6.45, 7) is 1.45. The van der Waals surface area contributed by atoms with Crippen LogP contribution in [-0.4, -0.2) is 16.1 Å². The minimum Gasteiger partial charge on any atom is -0.508 e. The van der Waals surface area contributed by atoms with E-state index in [1.54, 1.807) is 24.3 Å². The lowest BCUT2D eigenvalue weighted by atomic mass is 10.2. The van der Waals surface area contributed by atoms with Crippen LogP contribution in [0.3, 0.4) is 0 Å². The van der Waals surface area contributed by atoms with Crippen LogP contribution in [0, 0.1) is 0 Å². The van der Waals surface area contributed by atoms with Crippen molar-refractivity contribution in [2.75, 3.05) is 10.6 Å². The van der Waals surface area contributed by atoms with Crippen molar-refractivity contribution in [1.29, 1.82) is 0 Å². The Morgan fingerprint density at radius 1 is 0.895 bits per heavy atom. The lowest BCUT2D eigenvalue weighted by Crippen LogP contribution is -2.05. The van der Waals surface area contributed by atoms with Crippen LogP contribution < -0.4 is 10.6 Å². The molecule has 19 heavy (non-hydrogen) atoms. The zero-order valence-corrected chi connectivity index (χ0v) is 10.3. The van der Waals surface area contributed by atoms with Crippen LogP contribution in [0.25, 0.3) is 0 Å². The Balaban J connectivity index is 2.12. The highest BCUT2D eigenvalue weighted by Crippen LogP contribution is 2.27. The van der Waals surface area contributed by atoms with E-state index in [9.17, 15) is 15.0 Å². The number of phenols is 2. The first-order chi connectivity index (χ1) is 9.02. The molecule has 0 radical (unpaired) electrons. The standard InChI is InChI=1S/C14H14N2O3/c1-9(17)15-10-2-4-11(5-3-10)16-12-6-13(18)8-14(19)7-12/h2-8,16,18-19H,1H3,(H,15,17). The highest BCUT2D eigenvalue weighted by molar-refractivity contribution is 5.88. The van der Waals surface area contributed by atoms with Crippen molar-refractivity contribution in [3.8, 4) is 11.5 Å². The maximum Gasteiger partial charge on any atom is 0.221 e. The molecule has 0 saturated heterocycles. The molecule has 2 aromatic carbocycles. The largest absolute Gasteiger partial charge is 0.508 e. The third-order valence-electron chi connectivity index (χ3n) is 2.40. The third-order valence-corrected chi connectivity index (χ3v) is 2.40. The number of nitrogens with one attached hydrogen (secondary N) is 2. The number of hydrogen-bond acceptors (Lipinski definition) is 4. The van der Waals surface area contributed by atoms with Gasteiger partial charge in [-0.25, -0.2) is 0 Å². The number of rotatable bonds is 3. The summed E-state index contributed by atoms with van der Waals surface area (Å²) < 4.78 is 0. The summed E-state index contributed by atoms with van der Waals surface area (Å²) in [5.74, 6) is -0.159. The first-order valence-electron chi connectivity index (χ1n) is 5.70. The Labute approximate surface area is 110 Å². The summed E-state index contributed by atoms with van der Waals surface area (Å²) in [7, 11) is 0. The van der Waals surface area contributed by atoms with Crippen LogP contribution in [-0.2, 0) is 4.79 Å². The van der Waals surface area contributed by atoms with E-state index < -0.39 is 0 Å². The number of hydrogen-bond donors (Lipinski definition) is 4. The fourth-order valence-electron chi connectivity index (χ4n) is 1.67. The molecule has 0 atom stereocenters. The van der Waals surface area contributed by atoms with Crippen molar-refractivity contribution in [2.45, 2.75) is 6.92 Å². The number of carbonyl (C=O) groups is 1. The SMILES string of the molecule is CC(=O)Nc1ccc(Nc2cc(O)cc(O)c2)cc1. The van der Waals surface area contributed by atoms with Gasteiger partial charge in [0.1, 0.15) is 11.5 Å². The van der Waals surface area contributed by atoms with E-state index in [2.05, 4.69) is 10.6 Å². The second-order valence-electron chi connectivity index (χ2n) is 4.12. The summed E-state index contributed by atoms with van der Waals surface area (Å²) in [6.07, 6.45) is 0. The fourth-order valence-corrected chi connectivity index (χ4v) is 1.67. The van der Waals surface area contributed by atoms with Crippen LogP contribution in [0.15, 0.2) is 42.5 Å². The minimum atomic E-state index is -0.126. The quantitative estimate of drug-likeness (QED) is 0.682. The van der Waals surface area contributed by atoms with E-state index in [0.717, 1.165) is 5.69 Å². The van der Waals surface area contributed by atoms with Gasteiger partial charge in [0.15, 0.2) is 0 Å². The molecule has 1 amide bonds. The summed E-state index contributed by atoms with van der Waals surface area (Å²) in [5.41, 5.74) is 2.06. The van der Waals surface area contributed by atoms with Crippen molar-refractivity contribution < 1.29 is 15.0 Å². The van der Waals surface area contributed by atoms with E-state index >= 15 is 0 Å². The molecule has 5 nitrogen and oxygen atoms in total. The van der Waals surface area contributed by atoms with Crippen LogP contribution in [0.4, 0.5) is 17.1 Å². The highest BCUT2D eigenvalue weighted by Gasteiger charge is 2.00. The molecular weight excluding hydrogens is 244 g/mol. The maximum absolute atomic E-state index is 10.9. The van der Waals surface area contributed by atoms with E-state index in [0.29, 0.717) is 11.4 Å². The summed E-state index contributed by atoms with van der Waals surface area (Å²) in [6, 6.07) is 11.3. The second kappa shape index (κ2) is 5.30. The molecule has 5 heteroatoms. The van der Waals surface area contributed by atoms with Crippen molar-refractivity contribution in [2.24, 2.45) is 0 Å². The molecule has 4 N–H and O–H groups in total. The van der Waals surface area contributed by atoms with E-state index in [4.69, 9.17) is 0 Å². The Kier molecular flexibility index (Phi) is 3.56. The lowest BCUT2D eigenvalue weighted by molar-refractivity contribution is -0.114. The van der Waals surface area contributed by atoms with E-state index in [-0.39, 0.29) is 17.4 Å². The lowest BCUT2D eigenvalue weighted by Gasteiger charge is -2.08. The van der Waals surface area contributed by atoms with E-state index in [1.807, 2.05) is 0 Å². The third kappa shape index (κ3) is 3.64. The Morgan fingerprint density at radius 3 is 1.95 bits per heavy atom. The van der Waals surface area contributed by atoms with Gasteiger partial charge in [0.2, 0.25) is 5.91 Å². The number of phenolic OH excluding ortho intramolecular Hbond substituents is 2. The van der Waals surface area contributed by atoms with E-state index in [1.165, 1.54) is 25.1 Å². The molecular formula is C14H14N2O3. The Morgan fingerprint density at radius 2 is 1.42 bits per heavy atom. The van der Waals surface area contributed by atoms with Gasteiger partial charge in [-0.1, -0.05) is 0 Å². The average Bonchev–Trinajstić information content (AvgIpc) is 2.29. The van der Waals surface area contributed by atoms with Crippen LogP contribution >= 0.6 is 0 Å². The molecule has 0 bridgehead atoms. The molecule has 0 aliphatic carbocycles. The molecule has 0 heterocycles. The topological polar surface area (TPSA) is 81.6 Å². The zero-order valence-electron chi connectivity index (χ0n) is 10.3. The Hall–Kier alpha value is -2.69. The number of amides is 1. The highest BCUT2D eigenvalue weighted by atomic mass is 16.3. The summed E-state index contributed by atoms with van der Waals surface area (Å²) >= 11 is 0. The van der Waals surface area contributed by atoms with Gasteiger partial charge in [-0.05, 0) is 24.3 Å². The molecule has 2 aromatic rings. The van der Waals surface area contributed by atoms with Crippen molar-refractivity contribution in [3.05, 3.63) is 42.5 Å². The van der Waals surface area contributed by atoms with Crippen LogP contribution in [0.2, 0.25) is 0 Å². The number of benzene rings is 2. The zero-order chi connectivity index (χ0) is 13.8. The number of carbonyl (C=O) groups excluding carboxylic acids is 1. The molecule has 0 aliphatic heterocycles. The van der Waals surface area contributed by atoms with Crippen LogP contribution in [0.5, 0.6) is 11.5 Å². The molecule has 0 fully saturated rings. The average molecular weight is 258 g/mol. The molecule has 0 spiro atoms. The second-order valence-corrected chi connectivity index (χ2v) is 4.12. The van der Waals surface area contributed by atoms with Gasteiger partial charge in [0, 0.05) is 42.2 Å². The fraction of sp³-hybridized carbons (Fsp3) is 0.0714. The minimum absolute atomic E-state index is 0.0163. The van der Waals surface area contributed by atoms with Gasteiger partial charge in [-0.15, -0.1) is 0 Å². The summed E-state index contributed by atoms with van der Waals surface area (Å²) in [5, 5.41) is 24.4. The maximum atomic E-state index is 10.9. The van der Waals surface area contributed by atoms with Gasteiger partial charge < -0.3 is 20.8 Å².